The number of H-pyrrole nitrogens is 1. The highest BCUT2D eigenvalue weighted by Crippen LogP contribution is 2.32. The predicted molar refractivity (Wildman–Crippen MR) is 91.3 cm³/mol. The van der Waals surface area contributed by atoms with Gasteiger partial charge in [-0.1, -0.05) is 37.3 Å². The topological polar surface area (TPSA) is 105 Å². The van der Waals surface area contributed by atoms with Crippen molar-refractivity contribution in [3.8, 4) is 11.3 Å². The molecule has 1 heterocycles. The molecule has 0 fully saturated rings. The molecule has 0 atom stereocenters. The number of hydrogen-bond acceptors (Lipinski definition) is 4. The van der Waals surface area contributed by atoms with Gasteiger partial charge in [-0.05, 0) is 17.7 Å². The molecular weight excluding hydrogens is 330 g/mol. The quantitative estimate of drug-likeness (QED) is 0.547. The number of aromatic amines is 1. The van der Waals surface area contributed by atoms with Crippen LogP contribution >= 0.6 is 0 Å². The Balaban J connectivity index is 2.25. The Morgan fingerprint density at radius 2 is 1.88 bits per heavy atom. The van der Waals surface area contributed by atoms with Gasteiger partial charge < -0.3 is 4.98 Å². The van der Waals surface area contributed by atoms with E-state index in [0.29, 0.717) is 16.6 Å². The van der Waals surface area contributed by atoms with Crippen LogP contribution < -0.4 is 4.72 Å². The average Bonchev–Trinajstić information content (AvgIpc) is 2.98. The molecule has 0 saturated heterocycles. The summed E-state index contributed by atoms with van der Waals surface area (Å²) < 4.78 is 26.7. The maximum absolute atomic E-state index is 12.2. The molecule has 0 unspecified atom stereocenters. The number of sulfonamides is 1. The van der Waals surface area contributed by atoms with Gasteiger partial charge in [-0.2, -0.15) is 0 Å². The molecule has 3 aromatic rings. The van der Waals surface area contributed by atoms with Gasteiger partial charge >= 0.3 is 0 Å². The highest BCUT2D eigenvalue weighted by Gasteiger charge is 2.22. The number of fused-ring (bicyclic) bond motifs is 1. The molecule has 0 saturated carbocycles. The highest BCUT2D eigenvalue weighted by atomic mass is 32.2. The van der Waals surface area contributed by atoms with Gasteiger partial charge in [-0.25, -0.2) is 13.1 Å². The van der Waals surface area contributed by atoms with E-state index in [1.54, 1.807) is 13.0 Å². The van der Waals surface area contributed by atoms with Crippen LogP contribution in [0.2, 0.25) is 0 Å². The Kier molecular flexibility index (Phi) is 4.08. The van der Waals surface area contributed by atoms with Crippen LogP contribution in [0.1, 0.15) is 6.92 Å². The Morgan fingerprint density at radius 3 is 2.50 bits per heavy atom. The first-order valence-corrected chi connectivity index (χ1v) is 8.77. The zero-order valence-electron chi connectivity index (χ0n) is 12.8. The van der Waals surface area contributed by atoms with Gasteiger partial charge in [0, 0.05) is 23.7 Å². The van der Waals surface area contributed by atoms with Gasteiger partial charge in [0.1, 0.15) is 5.52 Å². The molecule has 0 spiro atoms. The number of rotatable bonds is 5. The van der Waals surface area contributed by atoms with Crippen molar-refractivity contribution in [3.05, 3.63) is 58.6 Å². The van der Waals surface area contributed by atoms with Gasteiger partial charge in [0.05, 0.1) is 9.82 Å². The van der Waals surface area contributed by atoms with Gasteiger partial charge in [-0.3, -0.25) is 10.1 Å². The predicted octanol–water partition coefficient (Wildman–Crippen LogP) is 3.04. The average molecular weight is 345 g/mol. The van der Waals surface area contributed by atoms with Crippen molar-refractivity contribution in [2.45, 2.75) is 11.8 Å². The molecule has 0 aliphatic carbocycles. The largest absolute Gasteiger partial charge is 0.349 e. The van der Waals surface area contributed by atoms with Crippen LogP contribution in [0.5, 0.6) is 0 Å². The first-order chi connectivity index (χ1) is 11.4. The number of nitro benzene ring substituents is 1. The van der Waals surface area contributed by atoms with E-state index in [-0.39, 0.29) is 17.1 Å². The second kappa shape index (κ2) is 6.06. The molecule has 2 N–H and O–H groups in total. The van der Waals surface area contributed by atoms with Crippen molar-refractivity contribution < 1.29 is 13.3 Å². The van der Waals surface area contributed by atoms with Crippen molar-refractivity contribution in [1.29, 1.82) is 0 Å². The number of benzene rings is 2. The number of aromatic nitrogens is 1. The van der Waals surface area contributed by atoms with Crippen molar-refractivity contribution in [3.63, 3.8) is 0 Å². The fourth-order valence-corrected chi connectivity index (χ4v) is 3.64. The van der Waals surface area contributed by atoms with Gasteiger partial charge in [0.15, 0.2) is 0 Å². The smallest absolute Gasteiger partial charge is 0.294 e. The van der Waals surface area contributed by atoms with Crippen LogP contribution in [0.4, 0.5) is 5.69 Å². The number of nitrogens with zero attached hydrogens (tertiary/aromatic N) is 1. The SMILES string of the molecule is CCNS(=O)(=O)c1cc([N+](=O)[O-])c2[nH]c(-c3ccccc3)cc2c1. The lowest BCUT2D eigenvalue weighted by Gasteiger charge is -2.05. The first kappa shape index (κ1) is 16.2. The van der Waals surface area contributed by atoms with Crippen LogP contribution in [0.25, 0.3) is 22.2 Å². The number of non-ortho nitro benzene ring substituents is 1. The molecule has 24 heavy (non-hydrogen) atoms. The second-order valence-corrected chi connectivity index (χ2v) is 6.98. The minimum atomic E-state index is -3.78. The summed E-state index contributed by atoms with van der Waals surface area (Å²) in [5, 5.41) is 11.8. The Labute approximate surface area is 138 Å². The first-order valence-electron chi connectivity index (χ1n) is 7.28. The minimum Gasteiger partial charge on any atom is -0.349 e. The molecular formula is C16H15N3O4S. The summed E-state index contributed by atoms with van der Waals surface area (Å²) in [6.45, 7) is 1.85. The molecule has 2 aromatic carbocycles. The molecule has 124 valence electrons. The summed E-state index contributed by atoms with van der Waals surface area (Å²) >= 11 is 0. The van der Waals surface area contributed by atoms with E-state index in [1.165, 1.54) is 6.07 Å². The van der Waals surface area contributed by atoms with E-state index in [1.807, 2.05) is 30.3 Å². The van der Waals surface area contributed by atoms with Crippen molar-refractivity contribution in [1.82, 2.24) is 9.71 Å². The summed E-state index contributed by atoms with van der Waals surface area (Å²) in [6.07, 6.45) is 0. The second-order valence-electron chi connectivity index (χ2n) is 5.21. The van der Waals surface area contributed by atoms with Gasteiger partial charge in [0.2, 0.25) is 10.0 Å². The molecule has 8 heteroatoms. The molecule has 0 amide bonds. The fourth-order valence-electron chi connectivity index (χ4n) is 2.54. The summed E-state index contributed by atoms with van der Waals surface area (Å²) in [5.74, 6) is 0. The Morgan fingerprint density at radius 1 is 1.17 bits per heavy atom. The summed E-state index contributed by atoms with van der Waals surface area (Å²) in [4.78, 5) is 13.7. The van der Waals surface area contributed by atoms with E-state index >= 15 is 0 Å². The van der Waals surface area contributed by atoms with Crippen molar-refractivity contribution in [2.24, 2.45) is 0 Å². The van der Waals surface area contributed by atoms with Crippen LogP contribution in [0.3, 0.4) is 0 Å². The van der Waals surface area contributed by atoms with E-state index in [2.05, 4.69) is 9.71 Å². The third kappa shape index (κ3) is 2.89. The van der Waals surface area contributed by atoms with E-state index in [0.717, 1.165) is 11.6 Å². The van der Waals surface area contributed by atoms with Crippen molar-refractivity contribution >= 4 is 26.6 Å². The molecule has 0 bridgehead atoms. The molecule has 1 aromatic heterocycles. The molecule has 0 aliphatic rings. The van der Waals surface area contributed by atoms with Crippen LogP contribution in [-0.4, -0.2) is 24.9 Å². The minimum absolute atomic E-state index is 0.123. The number of nitro groups is 1. The van der Waals surface area contributed by atoms with E-state index < -0.39 is 14.9 Å². The Bertz CT molecular complexity index is 1010. The Hall–Kier alpha value is -2.71. The molecule has 0 radical (unpaired) electrons. The van der Waals surface area contributed by atoms with Crippen LogP contribution in [0, 0.1) is 10.1 Å². The maximum Gasteiger partial charge on any atom is 0.294 e. The van der Waals surface area contributed by atoms with Crippen molar-refractivity contribution in [2.75, 3.05) is 6.54 Å². The molecule has 3 rings (SSSR count). The monoisotopic (exact) mass is 345 g/mol. The van der Waals surface area contributed by atoms with E-state index in [9.17, 15) is 18.5 Å². The summed E-state index contributed by atoms with van der Waals surface area (Å²) in [5.41, 5.74) is 1.58. The maximum atomic E-state index is 12.2. The number of nitrogens with one attached hydrogen (secondary N) is 2. The molecule has 7 nitrogen and oxygen atoms in total. The fraction of sp³-hybridized carbons (Fsp3) is 0.125. The lowest BCUT2D eigenvalue weighted by molar-refractivity contribution is -0.383. The lowest BCUT2D eigenvalue weighted by Crippen LogP contribution is -2.23. The third-order valence-corrected chi connectivity index (χ3v) is 5.13. The molecule has 0 aliphatic heterocycles. The zero-order valence-corrected chi connectivity index (χ0v) is 13.6. The zero-order chi connectivity index (χ0) is 17.3. The normalized spacial score (nSPS) is 11.7. The van der Waals surface area contributed by atoms with Crippen LogP contribution in [0.15, 0.2) is 53.4 Å². The van der Waals surface area contributed by atoms with Gasteiger partial charge in [-0.15, -0.1) is 0 Å². The summed E-state index contributed by atoms with van der Waals surface area (Å²) in [7, 11) is -3.78. The summed E-state index contributed by atoms with van der Waals surface area (Å²) in [6, 6.07) is 13.5. The standard InChI is InChI=1S/C16H15N3O4S/c1-2-17-24(22,23)13-8-12-9-14(11-6-4-3-5-7-11)18-16(12)15(10-13)19(20)21/h3-10,17-18H,2H2,1H3. The van der Waals surface area contributed by atoms with E-state index in [4.69, 9.17) is 0 Å². The van der Waals surface area contributed by atoms with Gasteiger partial charge in [0.25, 0.3) is 5.69 Å². The van der Waals surface area contributed by atoms with Crippen LogP contribution in [-0.2, 0) is 10.0 Å². The number of hydrogen-bond donors (Lipinski definition) is 2. The lowest BCUT2D eigenvalue weighted by atomic mass is 10.1. The highest BCUT2D eigenvalue weighted by molar-refractivity contribution is 7.89. The third-order valence-electron chi connectivity index (χ3n) is 3.61.